The first-order valence-electron chi connectivity index (χ1n) is 13.9. The second-order valence-electron chi connectivity index (χ2n) is 10.6. The first-order valence-corrected chi connectivity index (χ1v) is 14.3. The largest absolute Gasteiger partial charge is 0.386 e. The summed E-state index contributed by atoms with van der Waals surface area (Å²) in [5, 5.41) is 14.5. The topological polar surface area (TPSA) is 112 Å². The summed E-state index contributed by atoms with van der Waals surface area (Å²) in [6.45, 7) is 4.41. The van der Waals surface area contributed by atoms with Crippen molar-refractivity contribution in [3.05, 3.63) is 87.1 Å². The van der Waals surface area contributed by atoms with Crippen molar-refractivity contribution in [3.63, 3.8) is 0 Å². The third kappa shape index (κ3) is 5.96. The minimum atomic E-state index is -0.872. The van der Waals surface area contributed by atoms with E-state index in [1.165, 1.54) is 4.90 Å². The summed E-state index contributed by atoms with van der Waals surface area (Å²) in [5.41, 5.74) is 4.62. The van der Waals surface area contributed by atoms with Crippen LogP contribution in [0.25, 0.3) is 0 Å². The Balaban J connectivity index is 0.00000353. The number of carbonyl (C=O) groups is 3. The molecule has 2 amide bonds. The molecular weight excluding hydrogens is 556 g/mol. The Morgan fingerprint density at radius 3 is 2.57 bits per heavy atom. The summed E-state index contributed by atoms with van der Waals surface area (Å²) in [6.07, 6.45) is 4.05. The van der Waals surface area contributed by atoms with E-state index < -0.39 is 6.10 Å². The monoisotopic (exact) mass is 590 g/mol. The highest BCUT2D eigenvalue weighted by Gasteiger charge is 2.37. The second-order valence-corrected chi connectivity index (χ2v) is 11.0. The van der Waals surface area contributed by atoms with Crippen molar-refractivity contribution in [1.29, 1.82) is 0 Å². The summed E-state index contributed by atoms with van der Waals surface area (Å²) >= 11 is 6.06. The van der Waals surface area contributed by atoms with Crippen LogP contribution in [-0.4, -0.2) is 84.2 Å². The van der Waals surface area contributed by atoms with E-state index in [2.05, 4.69) is 15.2 Å². The number of aliphatic hydroxyl groups is 1. The SMILES string of the molecule is C.O=C1CC=CC(=NC[C@@H](O)c2cccc(Cl)c2)C1=C1Cc2cc3c(cc2N1)C(=O)N(CCCN1CCOCC1)C3=O. The number of aliphatic imine (C=N–C) groups is 1. The van der Waals surface area contributed by atoms with Gasteiger partial charge in [0.25, 0.3) is 11.8 Å². The highest BCUT2D eigenvalue weighted by molar-refractivity contribution is 6.30. The van der Waals surface area contributed by atoms with Gasteiger partial charge in [0, 0.05) is 55.4 Å². The van der Waals surface area contributed by atoms with Crippen LogP contribution in [-0.2, 0) is 16.0 Å². The van der Waals surface area contributed by atoms with E-state index in [9.17, 15) is 19.5 Å². The number of anilines is 1. The summed E-state index contributed by atoms with van der Waals surface area (Å²) in [5.74, 6) is -0.638. The zero-order chi connectivity index (χ0) is 28.5. The normalized spacial score (nSPS) is 21.8. The summed E-state index contributed by atoms with van der Waals surface area (Å²) < 4.78 is 5.38. The first-order chi connectivity index (χ1) is 19.9. The van der Waals surface area contributed by atoms with Crippen LogP contribution in [0.2, 0.25) is 5.02 Å². The number of allylic oxidation sites excluding steroid dienone is 4. The van der Waals surface area contributed by atoms with Gasteiger partial charge >= 0.3 is 0 Å². The van der Waals surface area contributed by atoms with E-state index in [0.29, 0.717) is 77.0 Å². The van der Waals surface area contributed by atoms with Gasteiger partial charge < -0.3 is 15.2 Å². The molecule has 2 aromatic rings. The molecule has 42 heavy (non-hydrogen) atoms. The molecule has 3 heterocycles. The Bertz CT molecular complexity index is 1460. The number of hydrogen-bond acceptors (Lipinski definition) is 8. The molecule has 2 aromatic carbocycles. The Kier molecular flexibility index (Phi) is 9.03. The molecule has 1 fully saturated rings. The number of morpholine rings is 1. The van der Waals surface area contributed by atoms with Crippen LogP contribution in [0.1, 0.15) is 58.2 Å². The van der Waals surface area contributed by atoms with Crippen LogP contribution < -0.4 is 5.32 Å². The lowest BCUT2D eigenvalue weighted by molar-refractivity contribution is -0.114. The van der Waals surface area contributed by atoms with E-state index >= 15 is 0 Å². The zero-order valence-electron chi connectivity index (χ0n) is 22.6. The van der Waals surface area contributed by atoms with Crippen molar-refractivity contribution in [2.45, 2.75) is 32.8 Å². The quantitative estimate of drug-likeness (QED) is 0.367. The number of carbonyl (C=O) groups excluding carboxylic acids is 3. The maximum Gasteiger partial charge on any atom is 0.261 e. The average Bonchev–Trinajstić information content (AvgIpc) is 3.49. The van der Waals surface area contributed by atoms with Crippen molar-refractivity contribution >= 4 is 40.6 Å². The van der Waals surface area contributed by atoms with Gasteiger partial charge in [-0.3, -0.25) is 29.2 Å². The van der Waals surface area contributed by atoms with E-state index in [1.54, 1.807) is 48.6 Å². The molecule has 1 saturated heterocycles. The Morgan fingerprint density at radius 1 is 1.05 bits per heavy atom. The fourth-order valence-electron chi connectivity index (χ4n) is 5.74. The number of imide groups is 1. The number of Topliss-reactive ketones (excluding diaryl/α,β-unsaturated/α-hetero) is 1. The number of ether oxygens (including phenoxy) is 1. The van der Waals surface area contributed by atoms with Crippen LogP contribution in [0, 0.1) is 0 Å². The maximum atomic E-state index is 13.2. The van der Waals surface area contributed by atoms with E-state index in [1.807, 2.05) is 0 Å². The smallest absolute Gasteiger partial charge is 0.261 e. The van der Waals surface area contributed by atoms with Gasteiger partial charge in [-0.2, -0.15) is 0 Å². The lowest BCUT2D eigenvalue weighted by Gasteiger charge is -2.27. The van der Waals surface area contributed by atoms with E-state index in [0.717, 1.165) is 25.2 Å². The van der Waals surface area contributed by atoms with Crippen LogP contribution in [0.15, 0.2) is 64.8 Å². The average molecular weight is 591 g/mol. The van der Waals surface area contributed by atoms with Gasteiger partial charge in [-0.15, -0.1) is 0 Å². The van der Waals surface area contributed by atoms with Crippen LogP contribution in [0.3, 0.4) is 0 Å². The Morgan fingerprint density at radius 2 is 1.81 bits per heavy atom. The van der Waals surface area contributed by atoms with Gasteiger partial charge in [0.15, 0.2) is 5.78 Å². The first kappa shape index (κ1) is 29.8. The third-order valence-corrected chi connectivity index (χ3v) is 8.13. The molecular formula is C32H35ClN4O5. The van der Waals surface area contributed by atoms with E-state index in [4.69, 9.17) is 16.3 Å². The molecule has 9 nitrogen and oxygen atoms in total. The number of hydrogen-bond donors (Lipinski definition) is 2. The Hall–Kier alpha value is -3.63. The van der Waals surface area contributed by atoms with Gasteiger partial charge in [0.1, 0.15) is 0 Å². The van der Waals surface area contributed by atoms with Crippen molar-refractivity contribution < 1.29 is 24.2 Å². The fraction of sp³-hybridized carbons (Fsp3) is 0.375. The summed E-state index contributed by atoms with van der Waals surface area (Å²) in [7, 11) is 0. The Labute approximate surface area is 250 Å². The molecule has 1 atom stereocenters. The number of nitrogens with one attached hydrogen (secondary N) is 1. The molecule has 0 aromatic heterocycles. The van der Waals surface area contributed by atoms with Gasteiger partial charge in [0.05, 0.1) is 48.3 Å². The van der Waals surface area contributed by atoms with Gasteiger partial charge in [-0.25, -0.2) is 0 Å². The summed E-state index contributed by atoms with van der Waals surface area (Å²) in [6, 6.07) is 10.5. The lowest BCUT2D eigenvalue weighted by Crippen LogP contribution is -2.39. The van der Waals surface area contributed by atoms with Crippen LogP contribution in [0.5, 0.6) is 0 Å². The predicted molar refractivity (Wildman–Crippen MR) is 162 cm³/mol. The molecule has 0 unspecified atom stereocenters. The molecule has 0 saturated carbocycles. The molecule has 6 rings (SSSR count). The van der Waals surface area contributed by atoms with Gasteiger partial charge in [0.2, 0.25) is 0 Å². The molecule has 220 valence electrons. The number of amides is 2. The number of benzene rings is 2. The fourth-order valence-corrected chi connectivity index (χ4v) is 5.94. The highest BCUT2D eigenvalue weighted by atomic mass is 35.5. The number of rotatable bonds is 7. The van der Waals surface area contributed by atoms with Crippen LogP contribution >= 0.6 is 11.6 Å². The van der Waals surface area contributed by atoms with Gasteiger partial charge in [-0.1, -0.05) is 37.2 Å². The lowest BCUT2D eigenvalue weighted by atomic mass is 9.93. The van der Waals surface area contributed by atoms with Crippen molar-refractivity contribution in [2.24, 2.45) is 4.99 Å². The zero-order valence-corrected chi connectivity index (χ0v) is 23.3. The number of aliphatic hydroxyl groups excluding tert-OH is 1. The number of nitrogens with zero attached hydrogens (tertiary/aromatic N) is 3. The molecule has 10 heteroatoms. The number of ketones is 1. The van der Waals surface area contributed by atoms with E-state index in [-0.39, 0.29) is 38.0 Å². The number of fused-ring (bicyclic) bond motifs is 2. The molecule has 3 aliphatic heterocycles. The molecule has 1 aliphatic carbocycles. The summed E-state index contributed by atoms with van der Waals surface area (Å²) in [4.78, 5) is 47.6. The van der Waals surface area contributed by atoms with Crippen molar-refractivity contribution in [1.82, 2.24) is 9.80 Å². The molecule has 2 N–H and O–H groups in total. The second kappa shape index (κ2) is 12.7. The molecule has 0 radical (unpaired) electrons. The molecule has 0 spiro atoms. The van der Waals surface area contributed by atoms with Crippen molar-refractivity contribution in [3.8, 4) is 0 Å². The molecule has 4 aliphatic rings. The van der Waals surface area contributed by atoms with Gasteiger partial charge in [-0.05, 0) is 47.9 Å². The van der Waals surface area contributed by atoms with Crippen molar-refractivity contribution in [2.75, 3.05) is 51.3 Å². The number of halogens is 1. The molecule has 0 bridgehead atoms. The predicted octanol–water partition coefficient (Wildman–Crippen LogP) is 4.22. The minimum absolute atomic E-state index is 0. The highest BCUT2D eigenvalue weighted by Crippen LogP contribution is 2.36. The third-order valence-electron chi connectivity index (χ3n) is 7.89. The van der Waals surface area contributed by atoms with Crippen LogP contribution in [0.4, 0.5) is 5.69 Å². The minimum Gasteiger partial charge on any atom is -0.386 e. The standard InChI is InChI=1S/C31H31ClN4O5.CH4/c32-21-5-1-4-19(14-21)28(38)18-33-24-6-2-7-27(37)29(24)26-16-20-15-22-23(17-25(20)34-26)31(40)36(30(22)39)9-3-8-35-10-12-41-13-11-35;/h1-2,4-6,14-15,17,28,34,38H,3,7-13,16,18H2;1H4/t28-;/m1./s1. The maximum absolute atomic E-state index is 13.2.